The highest BCUT2D eigenvalue weighted by atomic mass is 19.1. The highest BCUT2D eigenvalue weighted by molar-refractivity contribution is 5.45. The van der Waals surface area contributed by atoms with Crippen LogP contribution in [0, 0.1) is 12.7 Å². The van der Waals surface area contributed by atoms with Crippen molar-refractivity contribution < 1.29 is 4.39 Å². The van der Waals surface area contributed by atoms with Gasteiger partial charge in [0.1, 0.15) is 5.82 Å². The van der Waals surface area contributed by atoms with Gasteiger partial charge in [-0.2, -0.15) is 0 Å². The average Bonchev–Trinajstić information content (AvgIpc) is 1.98. The van der Waals surface area contributed by atoms with Crippen molar-refractivity contribution in [3.05, 3.63) is 35.1 Å². The molecule has 2 N–H and O–H groups in total. The van der Waals surface area contributed by atoms with Crippen molar-refractivity contribution in [1.82, 2.24) is 0 Å². The molecule has 3 aliphatic rings. The van der Waals surface area contributed by atoms with Gasteiger partial charge in [-0.1, -0.05) is 6.07 Å². The van der Waals surface area contributed by atoms with Gasteiger partial charge in [0.05, 0.1) is 0 Å². The third kappa shape index (κ3) is 0.871. The summed E-state index contributed by atoms with van der Waals surface area (Å²) in [7, 11) is 0. The van der Waals surface area contributed by atoms with E-state index in [9.17, 15) is 4.39 Å². The Morgan fingerprint density at radius 3 is 2.43 bits per heavy atom. The van der Waals surface area contributed by atoms with Gasteiger partial charge in [-0.3, -0.25) is 0 Å². The van der Waals surface area contributed by atoms with Crippen molar-refractivity contribution in [2.24, 2.45) is 5.73 Å². The molecule has 0 heterocycles. The largest absolute Gasteiger partial charge is 0.325 e. The second-order valence-corrected chi connectivity index (χ2v) is 5.13. The van der Waals surface area contributed by atoms with Crippen LogP contribution in [0.2, 0.25) is 0 Å². The van der Waals surface area contributed by atoms with Crippen molar-refractivity contribution in [3.63, 3.8) is 0 Å². The number of hydrogen-bond donors (Lipinski definition) is 1. The summed E-state index contributed by atoms with van der Waals surface area (Å²) in [5.74, 6) is -0.139. The van der Waals surface area contributed by atoms with Crippen LogP contribution in [0.1, 0.15) is 30.4 Å². The lowest BCUT2D eigenvalue weighted by Crippen LogP contribution is -2.74. The summed E-state index contributed by atoms with van der Waals surface area (Å²) in [5.41, 5.74) is 8.84. The molecule has 1 nitrogen and oxygen atoms in total. The summed E-state index contributed by atoms with van der Waals surface area (Å²) in [5, 5.41) is 0. The predicted molar refractivity (Wildman–Crippen MR) is 53.6 cm³/mol. The molecule has 0 atom stereocenters. The Bertz CT molecular complexity index is 391. The minimum absolute atomic E-state index is 0.126. The van der Waals surface area contributed by atoms with Crippen molar-refractivity contribution in [3.8, 4) is 0 Å². The van der Waals surface area contributed by atoms with Crippen molar-refractivity contribution >= 4 is 0 Å². The first-order valence-corrected chi connectivity index (χ1v) is 5.09. The molecular weight excluding hydrogens is 177 g/mol. The predicted octanol–water partition coefficient (Wildman–Crippen LogP) is 2.27. The van der Waals surface area contributed by atoms with E-state index in [1.165, 1.54) is 5.56 Å². The number of hydrogen-bond acceptors (Lipinski definition) is 1. The van der Waals surface area contributed by atoms with E-state index in [2.05, 4.69) is 0 Å². The maximum Gasteiger partial charge on any atom is 0.123 e. The minimum Gasteiger partial charge on any atom is -0.325 e. The van der Waals surface area contributed by atoms with Crippen LogP contribution in [0.4, 0.5) is 4.39 Å². The quantitative estimate of drug-likeness (QED) is 0.724. The highest BCUT2D eigenvalue weighted by Gasteiger charge is 2.66. The molecule has 0 spiro atoms. The second kappa shape index (κ2) is 2.19. The zero-order valence-electron chi connectivity index (χ0n) is 8.31. The molecule has 0 unspecified atom stereocenters. The fourth-order valence-electron chi connectivity index (χ4n) is 3.37. The SMILES string of the molecule is Cc1cc(F)ccc1C12CC(N)(C1)C2. The maximum atomic E-state index is 12.9. The molecule has 0 radical (unpaired) electrons. The summed E-state index contributed by atoms with van der Waals surface area (Å²) in [6.07, 6.45) is 3.27. The summed E-state index contributed by atoms with van der Waals surface area (Å²) in [6, 6.07) is 5.12. The van der Waals surface area contributed by atoms with Crippen LogP contribution in [0.3, 0.4) is 0 Å². The lowest BCUT2D eigenvalue weighted by atomic mass is 9.37. The van der Waals surface area contributed by atoms with Crippen molar-refractivity contribution in [1.29, 1.82) is 0 Å². The zero-order valence-corrected chi connectivity index (χ0v) is 8.31. The van der Waals surface area contributed by atoms with Crippen molar-refractivity contribution in [2.75, 3.05) is 0 Å². The molecule has 1 aromatic carbocycles. The lowest BCUT2D eigenvalue weighted by molar-refractivity contribution is -0.0594. The number of aryl methyl sites for hydroxylation is 1. The molecule has 3 saturated carbocycles. The van der Waals surface area contributed by atoms with E-state index in [-0.39, 0.29) is 11.4 Å². The number of nitrogens with two attached hydrogens (primary N) is 1. The Morgan fingerprint density at radius 1 is 1.29 bits per heavy atom. The molecule has 0 aromatic heterocycles. The molecule has 1 aromatic rings. The summed E-state index contributed by atoms with van der Waals surface area (Å²) in [4.78, 5) is 0. The molecule has 2 heteroatoms. The molecule has 3 aliphatic carbocycles. The molecule has 2 bridgehead atoms. The Hall–Kier alpha value is -0.890. The second-order valence-electron chi connectivity index (χ2n) is 5.13. The molecule has 0 amide bonds. The van der Waals surface area contributed by atoms with Gasteiger partial charge in [-0.25, -0.2) is 4.39 Å². The van der Waals surface area contributed by atoms with Gasteiger partial charge in [0, 0.05) is 11.0 Å². The number of halogens is 1. The fourth-order valence-corrected chi connectivity index (χ4v) is 3.37. The van der Waals surface area contributed by atoms with E-state index in [1.807, 2.05) is 13.0 Å². The van der Waals surface area contributed by atoms with E-state index in [4.69, 9.17) is 5.73 Å². The van der Waals surface area contributed by atoms with Crippen LogP contribution < -0.4 is 5.73 Å². The summed E-state index contributed by atoms with van der Waals surface area (Å²) >= 11 is 0. The minimum atomic E-state index is -0.139. The molecular formula is C12H14FN. The van der Waals surface area contributed by atoms with Crippen LogP contribution >= 0.6 is 0 Å². The van der Waals surface area contributed by atoms with Crippen molar-refractivity contribution in [2.45, 2.75) is 37.1 Å². The van der Waals surface area contributed by atoms with Crippen LogP contribution in [-0.4, -0.2) is 5.54 Å². The van der Waals surface area contributed by atoms with Crippen LogP contribution in [0.15, 0.2) is 18.2 Å². The van der Waals surface area contributed by atoms with Gasteiger partial charge >= 0.3 is 0 Å². The van der Waals surface area contributed by atoms with Gasteiger partial charge in [0.25, 0.3) is 0 Å². The topological polar surface area (TPSA) is 26.0 Å². The third-order valence-corrected chi connectivity index (χ3v) is 3.83. The Labute approximate surface area is 83.1 Å². The van der Waals surface area contributed by atoms with Gasteiger partial charge in [0.2, 0.25) is 0 Å². The summed E-state index contributed by atoms with van der Waals surface area (Å²) < 4.78 is 12.9. The molecule has 3 fully saturated rings. The molecule has 0 saturated heterocycles. The standard InChI is InChI=1S/C12H14FN/c1-8-4-9(13)2-3-10(8)11-5-12(14,6-11)7-11/h2-4H,5-7,14H2,1H3. The van der Waals surface area contributed by atoms with Crippen LogP contribution in [-0.2, 0) is 5.41 Å². The fraction of sp³-hybridized carbons (Fsp3) is 0.500. The Kier molecular flexibility index (Phi) is 1.32. The van der Waals surface area contributed by atoms with Crippen LogP contribution in [0.25, 0.3) is 0 Å². The highest BCUT2D eigenvalue weighted by Crippen LogP contribution is 2.66. The zero-order chi connectivity index (χ0) is 9.97. The number of rotatable bonds is 1. The monoisotopic (exact) mass is 191 g/mol. The number of benzene rings is 1. The van der Waals surface area contributed by atoms with Gasteiger partial charge < -0.3 is 5.73 Å². The van der Waals surface area contributed by atoms with E-state index < -0.39 is 0 Å². The van der Waals surface area contributed by atoms with E-state index >= 15 is 0 Å². The molecule has 0 aliphatic heterocycles. The first-order chi connectivity index (χ1) is 6.53. The van der Waals surface area contributed by atoms with Crippen LogP contribution in [0.5, 0.6) is 0 Å². The van der Waals surface area contributed by atoms with Gasteiger partial charge in [-0.15, -0.1) is 0 Å². The van der Waals surface area contributed by atoms with Gasteiger partial charge in [-0.05, 0) is 49.4 Å². The summed E-state index contributed by atoms with van der Waals surface area (Å²) in [6.45, 7) is 1.99. The van der Waals surface area contributed by atoms with Gasteiger partial charge in [0.15, 0.2) is 0 Å². The maximum absolute atomic E-state index is 12.9. The van der Waals surface area contributed by atoms with E-state index in [1.54, 1.807) is 12.1 Å². The normalized spacial score (nSPS) is 38.8. The first kappa shape index (κ1) is 8.42. The molecule has 74 valence electrons. The first-order valence-electron chi connectivity index (χ1n) is 5.09. The third-order valence-electron chi connectivity index (χ3n) is 3.83. The molecule has 14 heavy (non-hydrogen) atoms. The Balaban J connectivity index is 1.99. The molecule has 4 rings (SSSR count). The smallest absolute Gasteiger partial charge is 0.123 e. The Morgan fingerprint density at radius 2 is 1.93 bits per heavy atom. The average molecular weight is 191 g/mol. The van der Waals surface area contributed by atoms with E-state index in [0.717, 1.165) is 24.8 Å². The lowest BCUT2D eigenvalue weighted by Gasteiger charge is -2.69. The van der Waals surface area contributed by atoms with E-state index in [0.29, 0.717) is 5.41 Å².